The summed E-state index contributed by atoms with van der Waals surface area (Å²) in [6.07, 6.45) is 1.32. The molecule has 1 unspecified atom stereocenters. The number of anilines is 1. The van der Waals surface area contributed by atoms with Crippen molar-refractivity contribution in [1.29, 1.82) is 0 Å². The Morgan fingerprint density at radius 3 is 2.72 bits per heavy atom. The average Bonchev–Trinajstić information content (AvgIpc) is 3.17. The molecule has 2 heterocycles. The number of thiazole rings is 1. The van der Waals surface area contributed by atoms with Crippen molar-refractivity contribution in [2.75, 3.05) is 5.32 Å². The van der Waals surface area contributed by atoms with Crippen LogP contribution in [0.5, 0.6) is 0 Å². The quantitative estimate of drug-likeness (QED) is 0.734. The normalized spacial score (nSPS) is 16.0. The van der Waals surface area contributed by atoms with E-state index in [0.29, 0.717) is 17.7 Å². The SMILES string of the molecule is O=C1OC(C(=O)Nc2ccc(-c3nccs3)cc2)Cc2ccccc21. The number of hydrogen-bond acceptors (Lipinski definition) is 5. The Labute approximate surface area is 148 Å². The molecule has 0 aliphatic carbocycles. The molecule has 124 valence electrons. The summed E-state index contributed by atoms with van der Waals surface area (Å²) < 4.78 is 5.27. The van der Waals surface area contributed by atoms with Crippen LogP contribution in [-0.4, -0.2) is 23.0 Å². The van der Waals surface area contributed by atoms with Crippen LogP contribution in [0.4, 0.5) is 5.69 Å². The van der Waals surface area contributed by atoms with Gasteiger partial charge in [-0.2, -0.15) is 0 Å². The van der Waals surface area contributed by atoms with Gasteiger partial charge in [0.15, 0.2) is 6.10 Å². The van der Waals surface area contributed by atoms with Crippen molar-refractivity contribution >= 4 is 28.9 Å². The van der Waals surface area contributed by atoms with Gasteiger partial charge in [-0.15, -0.1) is 11.3 Å². The van der Waals surface area contributed by atoms with Gasteiger partial charge in [0.1, 0.15) is 5.01 Å². The summed E-state index contributed by atoms with van der Waals surface area (Å²) in [5, 5.41) is 5.65. The Morgan fingerprint density at radius 2 is 1.96 bits per heavy atom. The minimum atomic E-state index is -0.818. The highest BCUT2D eigenvalue weighted by Crippen LogP contribution is 2.24. The smallest absolute Gasteiger partial charge is 0.339 e. The molecule has 1 aromatic heterocycles. The van der Waals surface area contributed by atoms with Gasteiger partial charge in [0.2, 0.25) is 0 Å². The van der Waals surface area contributed by atoms with E-state index in [4.69, 9.17) is 4.74 Å². The van der Waals surface area contributed by atoms with Gasteiger partial charge in [-0.1, -0.05) is 18.2 Å². The maximum Gasteiger partial charge on any atom is 0.339 e. The summed E-state index contributed by atoms with van der Waals surface area (Å²) in [6.45, 7) is 0. The number of rotatable bonds is 3. The standard InChI is InChI=1S/C19H14N2O3S/c22-17(16-11-13-3-1-2-4-15(13)19(23)24-16)21-14-7-5-12(6-8-14)18-20-9-10-25-18/h1-10,16H,11H2,(H,21,22). The fraction of sp³-hybridized carbons (Fsp3) is 0.105. The van der Waals surface area contributed by atoms with E-state index >= 15 is 0 Å². The summed E-state index contributed by atoms with van der Waals surface area (Å²) in [5.41, 5.74) is 3.00. The summed E-state index contributed by atoms with van der Waals surface area (Å²) >= 11 is 1.56. The van der Waals surface area contributed by atoms with E-state index in [1.54, 1.807) is 29.7 Å². The molecule has 5 nitrogen and oxygen atoms in total. The molecule has 2 aromatic carbocycles. The Kier molecular flexibility index (Phi) is 4.03. The molecule has 1 amide bonds. The molecule has 1 atom stereocenters. The summed E-state index contributed by atoms with van der Waals surface area (Å²) in [5.74, 6) is -0.786. The minimum absolute atomic E-state index is 0.329. The zero-order valence-corrected chi connectivity index (χ0v) is 14.0. The average molecular weight is 350 g/mol. The molecule has 0 saturated heterocycles. The number of cyclic esters (lactones) is 1. The van der Waals surface area contributed by atoms with Crippen molar-refractivity contribution < 1.29 is 14.3 Å². The Morgan fingerprint density at radius 1 is 1.16 bits per heavy atom. The van der Waals surface area contributed by atoms with Crippen LogP contribution in [-0.2, 0) is 16.0 Å². The molecule has 6 heteroatoms. The van der Waals surface area contributed by atoms with E-state index in [0.717, 1.165) is 16.1 Å². The lowest BCUT2D eigenvalue weighted by molar-refractivity contribution is -0.125. The van der Waals surface area contributed by atoms with Crippen LogP contribution in [0.1, 0.15) is 15.9 Å². The lowest BCUT2D eigenvalue weighted by Crippen LogP contribution is -2.37. The predicted octanol–water partition coefficient (Wildman–Crippen LogP) is 3.53. The Bertz CT molecular complexity index is 920. The van der Waals surface area contributed by atoms with Gasteiger partial charge < -0.3 is 10.1 Å². The number of nitrogens with zero attached hydrogens (tertiary/aromatic N) is 1. The number of fused-ring (bicyclic) bond motifs is 1. The first-order valence-electron chi connectivity index (χ1n) is 7.80. The number of aromatic nitrogens is 1. The molecule has 1 aliphatic heterocycles. The maximum atomic E-state index is 12.4. The third-order valence-corrected chi connectivity index (χ3v) is 4.84. The zero-order chi connectivity index (χ0) is 17.2. The zero-order valence-electron chi connectivity index (χ0n) is 13.1. The summed E-state index contributed by atoms with van der Waals surface area (Å²) in [4.78, 5) is 28.7. The van der Waals surface area contributed by atoms with Crippen molar-refractivity contribution in [2.45, 2.75) is 12.5 Å². The number of hydrogen-bond donors (Lipinski definition) is 1. The molecule has 1 N–H and O–H groups in total. The highest BCUT2D eigenvalue weighted by Gasteiger charge is 2.31. The molecular weight excluding hydrogens is 336 g/mol. The lowest BCUT2D eigenvalue weighted by atomic mass is 9.98. The number of amides is 1. The highest BCUT2D eigenvalue weighted by atomic mass is 32.1. The predicted molar refractivity (Wildman–Crippen MR) is 95.5 cm³/mol. The van der Waals surface area contributed by atoms with E-state index in [2.05, 4.69) is 10.3 Å². The topological polar surface area (TPSA) is 68.3 Å². The molecule has 3 aromatic rings. The molecule has 0 fully saturated rings. The number of carbonyl (C=O) groups excluding carboxylic acids is 2. The molecule has 1 aliphatic rings. The molecule has 0 radical (unpaired) electrons. The van der Waals surface area contributed by atoms with Crippen LogP contribution in [0, 0.1) is 0 Å². The molecule has 0 spiro atoms. The second kappa shape index (κ2) is 6.49. The summed E-state index contributed by atoms with van der Waals surface area (Å²) in [7, 11) is 0. The first-order valence-corrected chi connectivity index (χ1v) is 8.68. The number of ether oxygens (including phenoxy) is 1. The highest BCUT2D eigenvalue weighted by molar-refractivity contribution is 7.13. The minimum Gasteiger partial charge on any atom is -0.448 e. The van der Waals surface area contributed by atoms with Crippen molar-refractivity contribution in [3.8, 4) is 10.6 Å². The summed E-state index contributed by atoms with van der Waals surface area (Å²) in [6, 6.07) is 14.6. The van der Waals surface area contributed by atoms with Crippen LogP contribution >= 0.6 is 11.3 Å². The van der Waals surface area contributed by atoms with Gasteiger partial charge in [-0.05, 0) is 35.9 Å². The number of carbonyl (C=O) groups is 2. The maximum absolute atomic E-state index is 12.4. The van der Waals surface area contributed by atoms with Gasteiger partial charge in [-0.25, -0.2) is 9.78 Å². The second-order valence-corrected chi connectivity index (χ2v) is 6.55. The molecule has 0 bridgehead atoms. The first kappa shape index (κ1) is 15.5. The number of nitrogens with one attached hydrogen (secondary N) is 1. The third-order valence-electron chi connectivity index (χ3n) is 4.02. The van der Waals surface area contributed by atoms with Gasteiger partial charge in [-0.3, -0.25) is 4.79 Å². The van der Waals surface area contributed by atoms with Crippen LogP contribution in [0.3, 0.4) is 0 Å². The van der Waals surface area contributed by atoms with Crippen molar-refractivity contribution in [3.05, 3.63) is 71.2 Å². The van der Waals surface area contributed by atoms with Crippen LogP contribution < -0.4 is 5.32 Å². The van der Waals surface area contributed by atoms with E-state index in [-0.39, 0.29) is 5.91 Å². The largest absolute Gasteiger partial charge is 0.448 e. The van der Waals surface area contributed by atoms with Crippen molar-refractivity contribution in [1.82, 2.24) is 4.98 Å². The van der Waals surface area contributed by atoms with Gasteiger partial charge in [0.05, 0.1) is 5.56 Å². The monoisotopic (exact) mass is 350 g/mol. The van der Waals surface area contributed by atoms with Crippen LogP contribution in [0.2, 0.25) is 0 Å². The second-order valence-electron chi connectivity index (χ2n) is 5.66. The fourth-order valence-corrected chi connectivity index (χ4v) is 3.41. The van der Waals surface area contributed by atoms with Gasteiger partial charge >= 0.3 is 5.97 Å². The number of esters is 1. The fourth-order valence-electron chi connectivity index (χ4n) is 2.76. The van der Waals surface area contributed by atoms with Gasteiger partial charge in [0.25, 0.3) is 5.91 Å². The Balaban J connectivity index is 1.47. The third kappa shape index (κ3) is 3.16. The lowest BCUT2D eigenvalue weighted by Gasteiger charge is -2.23. The molecule has 25 heavy (non-hydrogen) atoms. The van der Waals surface area contributed by atoms with E-state index in [9.17, 15) is 9.59 Å². The molecule has 4 rings (SSSR count). The van der Waals surface area contributed by atoms with E-state index < -0.39 is 12.1 Å². The number of benzene rings is 2. The molecule has 0 saturated carbocycles. The van der Waals surface area contributed by atoms with Gasteiger partial charge in [0, 0.05) is 29.2 Å². The molecular formula is C19H14N2O3S. The van der Waals surface area contributed by atoms with E-state index in [1.807, 2.05) is 41.8 Å². The van der Waals surface area contributed by atoms with Crippen molar-refractivity contribution in [3.63, 3.8) is 0 Å². The van der Waals surface area contributed by atoms with E-state index in [1.165, 1.54) is 0 Å². The van der Waals surface area contributed by atoms with Crippen LogP contribution in [0.15, 0.2) is 60.1 Å². The first-order chi connectivity index (χ1) is 12.2. The Hall–Kier alpha value is -2.99. The van der Waals surface area contributed by atoms with Crippen molar-refractivity contribution in [2.24, 2.45) is 0 Å². The van der Waals surface area contributed by atoms with Crippen LogP contribution in [0.25, 0.3) is 10.6 Å².